The lowest BCUT2D eigenvalue weighted by Gasteiger charge is -2.23. The Morgan fingerprint density at radius 2 is 1.83 bits per heavy atom. The zero-order valence-electron chi connectivity index (χ0n) is 12.7. The number of carbonyl (C=O) groups is 1. The van der Waals surface area contributed by atoms with Crippen LogP contribution in [0.5, 0.6) is 0 Å². The molecule has 122 valence electrons. The molecule has 2 aromatic rings. The van der Waals surface area contributed by atoms with Crippen molar-refractivity contribution in [3.05, 3.63) is 59.9 Å². The van der Waals surface area contributed by atoms with Gasteiger partial charge in [-0.2, -0.15) is 0 Å². The minimum Gasteiger partial charge on any atom is -0.468 e. The second-order valence-electron chi connectivity index (χ2n) is 4.88. The molecule has 0 aromatic heterocycles. The van der Waals surface area contributed by atoms with Crippen molar-refractivity contribution in [3.8, 4) is 0 Å². The van der Waals surface area contributed by atoms with Gasteiger partial charge < -0.3 is 4.74 Å². The number of carbonyl (C=O) groups excluding carboxylic acids is 1. The van der Waals surface area contributed by atoms with E-state index in [-0.39, 0.29) is 10.6 Å². The first-order chi connectivity index (χ1) is 10.8. The molecule has 0 N–H and O–H groups in total. The molecule has 0 spiro atoms. The quantitative estimate of drug-likeness (QED) is 0.787. The van der Waals surface area contributed by atoms with Gasteiger partial charge in [0.2, 0.25) is 0 Å². The average Bonchev–Trinajstić information content (AvgIpc) is 2.52. The van der Waals surface area contributed by atoms with E-state index in [0.29, 0.717) is 0 Å². The molecule has 2 rings (SSSR count). The third kappa shape index (κ3) is 3.87. The second-order valence-corrected chi connectivity index (χ2v) is 6.74. The molecule has 0 radical (unpaired) electrons. The van der Waals surface area contributed by atoms with Crippen LogP contribution in [0.1, 0.15) is 5.56 Å². The van der Waals surface area contributed by atoms with E-state index in [4.69, 9.17) is 0 Å². The van der Waals surface area contributed by atoms with E-state index in [2.05, 4.69) is 4.74 Å². The lowest BCUT2D eigenvalue weighted by molar-refractivity contribution is -0.138. The summed E-state index contributed by atoms with van der Waals surface area (Å²) in [6.07, 6.45) is 0. The number of hydrogen-bond acceptors (Lipinski definition) is 4. The summed E-state index contributed by atoms with van der Waals surface area (Å²) in [4.78, 5) is 11.6. The number of aryl methyl sites for hydroxylation is 1. The van der Waals surface area contributed by atoms with E-state index in [1.165, 1.54) is 30.3 Å². The first kappa shape index (κ1) is 17.0. The van der Waals surface area contributed by atoms with Crippen LogP contribution in [0.4, 0.5) is 10.1 Å². The molecular formula is C16H16FNO4S. The number of sulfonamides is 1. The normalized spacial score (nSPS) is 11.1. The fourth-order valence-corrected chi connectivity index (χ4v) is 3.37. The summed E-state index contributed by atoms with van der Waals surface area (Å²) in [5.74, 6) is -1.35. The Balaban J connectivity index is 2.51. The largest absolute Gasteiger partial charge is 0.468 e. The predicted octanol–water partition coefficient (Wildman–Crippen LogP) is 2.50. The number of rotatable bonds is 5. The molecule has 0 saturated carbocycles. The molecule has 5 nitrogen and oxygen atoms in total. The highest BCUT2D eigenvalue weighted by Crippen LogP contribution is 2.24. The van der Waals surface area contributed by atoms with E-state index in [1.807, 2.05) is 6.92 Å². The van der Waals surface area contributed by atoms with Gasteiger partial charge in [-0.1, -0.05) is 23.8 Å². The van der Waals surface area contributed by atoms with Crippen molar-refractivity contribution in [2.45, 2.75) is 11.8 Å². The molecule has 23 heavy (non-hydrogen) atoms. The maximum absolute atomic E-state index is 13.5. The highest BCUT2D eigenvalue weighted by Gasteiger charge is 2.27. The lowest BCUT2D eigenvalue weighted by atomic mass is 10.2. The van der Waals surface area contributed by atoms with Crippen LogP contribution in [-0.4, -0.2) is 28.0 Å². The molecule has 0 aliphatic rings. The zero-order chi connectivity index (χ0) is 17.0. The third-order valence-electron chi connectivity index (χ3n) is 3.21. The molecule has 0 atom stereocenters. The van der Waals surface area contributed by atoms with Crippen LogP contribution in [0.25, 0.3) is 0 Å². The van der Waals surface area contributed by atoms with E-state index >= 15 is 0 Å². The van der Waals surface area contributed by atoms with Gasteiger partial charge >= 0.3 is 5.97 Å². The smallest absolute Gasteiger partial charge is 0.326 e. The van der Waals surface area contributed by atoms with Gasteiger partial charge in [0, 0.05) is 0 Å². The van der Waals surface area contributed by atoms with Gasteiger partial charge in [-0.25, -0.2) is 12.8 Å². The molecule has 0 aliphatic heterocycles. The topological polar surface area (TPSA) is 63.7 Å². The van der Waals surface area contributed by atoms with Crippen molar-refractivity contribution in [2.75, 3.05) is 18.0 Å². The highest BCUT2D eigenvalue weighted by molar-refractivity contribution is 7.92. The van der Waals surface area contributed by atoms with Crippen molar-refractivity contribution >= 4 is 21.7 Å². The third-order valence-corrected chi connectivity index (χ3v) is 4.99. The average molecular weight is 337 g/mol. The second kappa shape index (κ2) is 6.78. The van der Waals surface area contributed by atoms with Gasteiger partial charge in [-0.15, -0.1) is 0 Å². The number of ether oxygens (including phenoxy) is 1. The fourth-order valence-electron chi connectivity index (χ4n) is 1.97. The molecule has 0 unspecified atom stereocenters. The van der Waals surface area contributed by atoms with Crippen molar-refractivity contribution in [2.24, 2.45) is 0 Å². The molecule has 0 heterocycles. The number of hydrogen-bond donors (Lipinski definition) is 0. The van der Waals surface area contributed by atoms with Crippen LogP contribution in [0.2, 0.25) is 0 Å². The van der Waals surface area contributed by atoms with E-state index in [1.54, 1.807) is 12.1 Å². The van der Waals surface area contributed by atoms with Gasteiger partial charge in [-0.05, 0) is 37.3 Å². The van der Waals surface area contributed by atoms with Crippen molar-refractivity contribution < 1.29 is 22.3 Å². The summed E-state index contributed by atoms with van der Waals surface area (Å²) >= 11 is 0. The minimum atomic E-state index is -4.03. The maximum Gasteiger partial charge on any atom is 0.326 e. The Labute approximate surface area is 134 Å². The SMILES string of the molecule is COC(=O)CN(c1cccc(F)c1)S(=O)(=O)c1ccc(C)cc1. The van der Waals surface area contributed by atoms with Crippen LogP contribution in [0, 0.1) is 12.7 Å². The number of methoxy groups -OCH3 is 1. The molecule has 7 heteroatoms. The summed E-state index contributed by atoms with van der Waals surface area (Å²) in [6, 6.07) is 11.2. The molecule has 0 fully saturated rings. The standard InChI is InChI=1S/C16H16FNO4S/c1-12-6-8-15(9-7-12)23(20,21)18(11-16(19)22-2)14-5-3-4-13(17)10-14/h3-10H,11H2,1-2H3. The van der Waals surface area contributed by atoms with Crippen LogP contribution >= 0.6 is 0 Å². The van der Waals surface area contributed by atoms with Gasteiger partial charge in [0.1, 0.15) is 12.4 Å². The Hall–Kier alpha value is -2.41. The predicted molar refractivity (Wildman–Crippen MR) is 84.1 cm³/mol. The summed E-state index contributed by atoms with van der Waals surface area (Å²) < 4.78 is 44.4. The highest BCUT2D eigenvalue weighted by atomic mass is 32.2. The first-order valence-electron chi connectivity index (χ1n) is 6.76. The molecule has 0 bridgehead atoms. The molecule has 0 amide bonds. The summed E-state index contributed by atoms with van der Waals surface area (Å²) in [7, 11) is -2.87. The van der Waals surface area contributed by atoms with Crippen LogP contribution < -0.4 is 4.31 Å². The van der Waals surface area contributed by atoms with Crippen LogP contribution in [0.3, 0.4) is 0 Å². The molecular weight excluding hydrogens is 321 g/mol. The number of benzene rings is 2. The molecule has 0 aliphatic carbocycles. The zero-order valence-corrected chi connectivity index (χ0v) is 13.5. The van der Waals surface area contributed by atoms with Crippen molar-refractivity contribution in [3.63, 3.8) is 0 Å². The van der Waals surface area contributed by atoms with E-state index in [9.17, 15) is 17.6 Å². The summed E-state index contributed by atoms with van der Waals surface area (Å²) in [5, 5.41) is 0. The fraction of sp³-hybridized carbons (Fsp3) is 0.188. The minimum absolute atomic E-state index is 0.0104. The Morgan fingerprint density at radius 1 is 1.17 bits per heavy atom. The number of nitrogens with zero attached hydrogens (tertiary/aromatic N) is 1. The monoisotopic (exact) mass is 337 g/mol. The molecule has 2 aromatic carbocycles. The number of halogens is 1. The van der Waals surface area contributed by atoms with E-state index in [0.717, 1.165) is 23.0 Å². The lowest BCUT2D eigenvalue weighted by Crippen LogP contribution is -2.36. The Morgan fingerprint density at radius 3 is 2.39 bits per heavy atom. The first-order valence-corrected chi connectivity index (χ1v) is 8.20. The van der Waals surface area contributed by atoms with Gasteiger partial charge in [0.25, 0.3) is 10.0 Å². The van der Waals surface area contributed by atoms with Crippen molar-refractivity contribution in [1.29, 1.82) is 0 Å². The van der Waals surface area contributed by atoms with Gasteiger partial charge in [0.05, 0.1) is 17.7 Å². The van der Waals surface area contributed by atoms with Gasteiger partial charge in [0.15, 0.2) is 0 Å². The Kier molecular flexibility index (Phi) is 5.00. The number of anilines is 1. The van der Waals surface area contributed by atoms with Crippen molar-refractivity contribution in [1.82, 2.24) is 0 Å². The van der Waals surface area contributed by atoms with Crippen LogP contribution in [-0.2, 0) is 19.6 Å². The number of esters is 1. The molecule has 0 saturated heterocycles. The van der Waals surface area contributed by atoms with Crippen LogP contribution in [0.15, 0.2) is 53.4 Å². The van der Waals surface area contributed by atoms with Gasteiger partial charge in [-0.3, -0.25) is 9.10 Å². The summed E-state index contributed by atoms with van der Waals surface area (Å²) in [6.45, 7) is 1.28. The summed E-state index contributed by atoms with van der Waals surface area (Å²) in [5.41, 5.74) is 0.949. The van der Waals surface area contributed by atoms with E-state index < -0.39 is 28.4 Å². The maximum atomic E-state index is 13.5. The Bertz CT molecular complexity index is 803.